The molecule has 4 nitrogen and oxygen atoms in total. The van der Waals surface area contributed by atoms with Gasteiger partial charge in [0.2, 0.25) is 5.91 Å². The highest BCUT2D eigenvalue weighted by atomic mass is 35.5. The summed E-state index contributed by atoms with van der Waals surface area (Å²) < 4.78 is 0. The van der Waals surface area contributed by atoms with Gasteiger partial charge in [-0.2, -0.15) is 0 Å². The second kappa shape index (κ2) is 7.25. The molecule has 116 valence electrons. The minimum atomic E-state index is 0. The van der Waals surface area contributed by atoms with E-state index in [0.717, 1.165) is 32.6 Å². The first-order valence-corrected chi connectivity index (χ1v) is 7.51. The number of hydrogen-bond donors (Lipinski definition) is 2. The van der Waals surface area contributed by atoms with E-state index in [2.05, 4.69) is 46.7 Å². The van der Waals surface area contributed by atoms with Crippen LogP contribution in [0.1, 0.15) is 18.9 Å². The highest BCUT2D eigenvalue weighted by Gasteiger charge is 2.32. The first kappa shape index (κ1) is 16.3. The van der Waals surface area contributed by atoms with Gasteiger partial charge in [0.25, 0.3) is 0 Å². The Hall–Kier alpha value is -1.10. The zero-order valence-electron chi connectivity index (χ0n) is 12.4. The Labute approximate surface area is 132 Å². The van der Waals surface area contributed by atoms with Crippen LogP contribution in [-0.4, -0.2) is 42.5 Å². The third-order valence-corrected chi connectivity index (χ3v) is 4.43. The van der Waals surface area contributed by atoms with Crippen LogP contribution >= 0.6 is 12.4 Å². The summed E-state index contributed by atoms with van der Waals surface area (Å²) in [5.74, 6) is 0.413. The molecule has 2 atom stereocenters. The van der Waals surface area contributed by atoms with E-state index in [-0.39, 0.29) is 24.2 Å². The Morgan fingerprint density at radius 2 is 2.05 bits per heavy atom. The predicted octanol–water partition coefficient (Wildman–Crippen LogP) is 1.41. The number of hydrogen-bond acceptors (Lipinski definition) is 3. The van der Waals surface area contributed by atoms with Gasteiger partial charge in [-0.3, -0.25) is 9.69 Å². The van der Waals surface area contributed by atoms with Gasteiger partial charge in [0, 0.05) is 38.3 Å². The zero-order valence-corrected chi connectivity index (χ0v) is 13.2. The van der Waals surface area contributed by atoms with Crippen molar-refractivity contribution >= 4 is 18.3 Å². The third kappa shape index (κ3) is 3.96. The van der Waals surface area contributed by atoms with E-state index in [1.807, 2.05) is 6.07 Å². The Morgan fingerprint density at radius 1 is 1.33 bits per heavy atom. The van der Waals surface area contributed by atoms with Crippen molar-refractivity contribution in [2.45, 2.75) is 32.0 Å². The van der Waals surface area contributed by atoms with Crippen LogP contribution in [0.25, 0.3) is 0 Å². The topological polar surface area (TPSA) is 44.4 Å². The molecule has 2 saturated heterocycles. The lowest BCUT2D eigenvalue weighted by atomic mass is 10.0. The maximum absolute atomic E-state index is 12.0. The Bertz CT molecular complexity index is 464. The molecule has 2 N–H and O–H groups in total. The smallest absolute Gasteiger partial charge is 0.225 e. The SMILES string of the molecule is CC1CC(NC(=O)C2CNC2)CN1Cc1ccccc1.Cl. The monoisotopic (exact) mass is 309 g/mol. The van der Waals surface area contributed by atoms with Crippen molar-refractivity contribution in [2.75, 3.05) is 19.6 Å². The summed E-state index contributed by atoms with van der Waals surface area (Å²) in [4.78, 5) is 14.4. The average Bonchev–Trinajstić information content (AvgIpc) is 2.68. The van der Waals surface area contributed by atoms with Crippen LogP contribution in [0.3, 0.4) is 0 Å². The highest BCUT2D eigenvalue weighted by Crippen LogP contribution is 2.20. The molecule has 5 heteroatoms. The maximum Gasteiger partial charge on any atom is 0.225 e. The van der Waals surface area contributed by atoms with Crippen LogP contribution < -0.4 is 10.6 Å². The van der Waals surface area contributed by atoms with Gasteiger partial charge in [-0.1, -0.05) is 30.3 Å². The largest absolute Gasteiger partial charge is 0.352 e. The lowest BCUT2D eigenvalue weighted by Gasteiger charge is -2.27. The van der Waals surface area contributed by atoms with Crippen LogP contribution in [0.2, 0.25) is 0 Å². The number of rotatable bonds is 4. The second-order valence-electron chi connectivity index (χ2n) is 6.06. The molecule has 1 aromatic carbocycles. The summed E-state index contributed by atoms with van der Waals surface area (Å²) in [5.41, 5.74) is 1.34. The summed E-state index contributed by atoms with van der Waals surface area (Å²) in [6.07, 6.45) is 1.05. The zero-order chi connectivity index (χ0) is 13.9. The number of benzene rings is 1. The molecule has 2 aliphatic heterocycles. The van der Waals surface area contributed by atoms with Gasteiger partial charge in [0.15, 0.2) is 0 Å². The fourth-order valence-corrected chi connectivity index (χ4v) is 3.03. The molecule has 21 heavy (non-hydrogen) atoms. The fraction of sp³-hybridized carbons (Fsp3) is 0.562. The van der Waals surface area contributed by atoms with Crippen molar-refractivity contribution in [3.63, 3.8) is 0 Å². The molecule has 0 aromatic heterocycles. The molecule has 2 aliphatic rings. The molecule has 2 heterocycles. The van der Waals surface area contributed by atoms with Crippen molar-refractivity contribution in [1.82, 2.24) is 15.5 Å². The Balaban J connectivity index is 0.00000161. The van der Waals surface area contributed by atoms with E-state index in [0.29, 0.717) is 12.1 Å². The van der Waals surface area contributed by atoms with E-state index in [1.54, 1.807) is 0 Å². The van der Waals surface area contributed by atoms with E-state index in [1.165, 1.54) is 5.56 Å². The summed E-state index contributed by atoms with van der Waals surface area (Å²) in [6.45, 7) is 5.85. The molecule has 0 spiro atoms. The average molecular weight is 310 g/mol. The van der Waals surface area contributed by atoms with Crippen molar-refractivity contribution in [2.24, 2.45) is 5.92 Å². The maximum atomic E-state index is 12.0. The number of nitrogens with one attached hydrogen (secondary N) is 2. The van der Waals surface area contributed by atoms with Gasteiger partial charge in [-0.25, -0.2) is 0 Å². The van der Waals surface area contributed by atoms with Crippen LogP contribution in [0, 0.1) is 5.92 Å². The van der Waals surface area contributed by atoms with E-state index < -0.39 is 0 Å². The molecule has 1 aromatic rings. The van der Waals surface area contributed by atoms with Crippen LogP contribution in [-0.2, 0) is 11.3 Å². The van der Waals surface area contributed by atoms with Crippen molar-refractivity contribution in [3.05, 3.63) is 35.9 Å². The minimum Gasteiger partial charge on any atom is -0.352 e. The number of carbonyl (C=O) groups is 1. The van der Waals surface area contributed by atoms with Gasteiger partial charge < -0.3 is 10.6 Å². The molecule has 0 aliphatic carbocycles. The molecular weight excluding hydrogens is 286 g/mol. The standard InChI is InChI=1S/C16H23N3O.ClH/c1-12-7-15(18-16(20)14-8-17-9-14)11-19(12)10-13-5-3-2-4-6-13;/h2-6,12,14-15,17H,7-11H2,1H3,(H,18,20);1H. The van der Waals surface area contributed by atoms with Gasteiger partial charge in [0.05, 0.1) is 5.92 Å². The third-order valence-electron chi connectivity index (χ3n) is 4.43. The van der Waals surface area contributed by atoms with Crippen molar-refractivity contribution in [3.8, 4) is 0 Å². The number of amides is 1. The molecule has 2 unspecified atom stereocenters. The lowest BCUT2D eigenvalue weighted by molar-refractivity contribution is -0.127. The Morgan fingerprint density at radius 3 is 2.67 bits per heavy atom. The van der Waals surface area contributed by atoms with Crippen LogP contribution in [0.4, 0.5) is 0 Å². The van der Waals surface area contributed by atoms with E-state index in [9.17, 15) is 4.79 Å². The summed E-state index contributed by atoms with van der Waals surface area (Å²) in [6, 6.07) is 11.4. The summed E-state index contributed by atoms with van der Waals surface area (Å²) in [7, 11) is 0. The first-order valence-electron chi connectivity index (χ1n) is 7.51. The fourth-order valence-electron chi connectivity index (χ4n) is 3.03. The molecule has 1 amide bonds. The lowest BCUT2D eigenvalue weighted by Crippen LogP contribution is -2.53. The van der Waals surface area contributed by atoms with Gasteiger partial charge in [-0.15, -0.1) is 12.4 Å². The van der Waals surface area contributed by atoms with Gasteiger partial charge >= 0.3 is 0 Å². The van der Waals surface area contributed by atoms with Gasteiger partial charge in [-0.05, 0) is 18.9 Å². The molecular formula is C16H24ClN3O. The van der Waals surface area contributed by atoms with E-state index >= 15 is 0 Å². The normalized spacial score (nSPS) is 26.0. The minimum absolute atomic E-state index is 0. The molecule has 0 saturated carbocycles. The molecule has 3 rings (SSSR count). The summed E-state index contributed by atoms with van der Waals surface area (Å²) >= 11 is 0. The highest BCUT2D eigenvalue weighted by molar-refractivity contribution is 5.85. The van der Waals surface area contributed by atoms with Gasteiger partial charge in [0.1, 0.15) is 0 Å². The first-order chi connectivity index (χ1) is 9.72. The van der Waals surface area contributed by atoms with Crippen LogP contribution in [0.5, 0.6) is 0 Å². The number of halogens is 1. The molecule has 2 fully saturated rings. The number of nitrogens with zero attached hydrogens (tertiary/aromatic N) is 1. The van der Waals surface area contributed by atoms with Crippen LogP contribution in [0.15, 0.2) is 30.3 Å². The Kier molecular flexibility index (Phi) is 5.62. The van der Waals surface area contributed by atoms with Crippen molar-refractivity contribution < 1.29 is 4.79 Å². The molecule has 0 radical (unpaired) electrons. The predicted molar refractivity (Wildman–Crippen MR) is 86.5 cm³/mol. The second-order valence-corrected chi connectivity index (χ2v) is 6.06. The number of carbonyl (C=O) groups excluding carboxylic acids is 1. The summed E-state index contributed by atoms with van der Waals surface area (Å²) in [5, 5.41) is 6.35. The molecule has 0 bridgehead atoms. The quantitative estimate of drug-likeness (QED) is 0.884. The van der Waals surface area contributed by atoms with E-state index in [4.69, 9.17) is 0 Å². The number of likely N-dealkylation sites (tertiary alicyclic amines) is 1. The van der Waals surface area contributed by atoms with Crippen molar-refractivity contribution in [1.29, 1.82) is 0 Å².